The van der Waals surface area contributed by atoms with Gasteiger partial charge in [0, 0.05) is 11.4 Å². The topological polar surface area (TPSA) is 62.6 Å². The predicted octanol–water partition coefficient (Wildman–Crippen LogP) is 2.81. The van der Waals surface area contributed by atoms with Crippen LogP contribution in [0.25, 0.3) is 0 Å². The lowest BCUT2D eigenvalue weighted by atomic mass is 10.0. The molecule has 5 nitrogen and oxygen atoms in total. The molecule has 3 heterocycles. The van der Waals surface area contributed by atoms with Gasteiger partial charge in [-0.25, -0.2) is 4.79 Å². The average Bonchev–Trinajstić information content (AvgIpc) is 3.10. The van der Waals surface area contributed by atoms with E-state index in [1.165, 1.54) is 22.8 Å². The number of furan rings is 1. The Kier molecular flexibility index (Phi) is 3.31. The van der Waals surface area contributed by atoms with Gasteiger partial charge in [-0.2, -0.15) is 0 Å². The zero-order valence-corrected chi connectivity index (χ0v) is 11.8. The summed E-state index contributed by atoms with van der Waals surface area (Å²) in [7, 11) is 0. The quantitative estimate of drug-likeness (QED) is 0.878. The first-order valence-electron chi connectivity index (χ1n) is 6.38. The van der Waals surface area contributed by atoms with Crippen LogP contribution >= 0.6 is 11.3 Å². The number of nitrogens with one attached hydrogen (secondary N) is 1. The monoisotopic (exact) mass is 290 g/mol. The van der Waals surface area contributed by atoms with Gasteiger partial charge in [-0.1, -0.05) is 0 Å². The summed E-state index contributed by atoms with van der Waals surface area (Å²) in [5.74, 6) is -0.373. The third-order valence-electron chi connectivity index (χ3n) is 3.50. The van der Waals surface area contributed by atoms with Gasteiger partial charge in [0.2, 0.25) is 0 Å². The normalized spacial score (nSPS) is 17.6. The summed E-state index contributed by atoms with van der Waals surface area (Å²) in [5, 5.41) is 4.40. The number of urea groups is 1. The first-order chi connectivity index (χ1) is 9.66. The first-order valence-corrected chi connectivity index (χ1v) is 7.26. The van der Waals surface area contributed by atoms with Crippen molar-refractivity contribution in [3.05, 3.63) is 46.0 Å². The van der Waals surface area contributed by atoms with Gasteiger partial charge in [0.1, 0.15) is 0 Å². The fraction of sp³-hybridized carbons (Fsp3) is 0.286. The summed E-state index contributed by atoms with van der Waals surface area (Å²) >= 11 is 1.71. The summed E-state index contributed by atoms with van der Waals surface area (Å²) in [6.07, 6.45) is 2.24. The zero-order valence-electron chi connectivity index (χ0n) is 11.0. The molecule has 104 valence electrons. The third-order valence-corrected chi connectivity index (χ3v) is 4.50. The van der Waals surface area contributed by atoms with E-state index in [0.717, 1.165) is 6.42 Å². The number of nitrogens with zero attached hydrogens (tertiary/aromatic N) is 1. The molecule has 20 heavy (non-hydrogen) atoms. The number of fused-ring (bicyclic) bond motifs is 1. The van der Waals surface area contributed by atoms with E-state index in [4.69, 9.17) is 4.42 Å². The molecule has 1 aliphatic heterocycles. The lowest BCUT2D eigenvalue weighted by molar-refractivity contribution is 0.0917. The summed E-state index contributed by atoms with van der Waals surface area (Å²) in [6.45, 7) is 2.59. The van der Waals surface area contributed by atoms with Gasteiger partial charge in [-0.05, 0) is 42.5 Å². The highest BCUT2D eigenvalue weighted by atomic mass is 32.1. The molecule has 3 rings (SSSR count). The molecule has 0 radical (unpaired) electrons. The number of carbonyl (C=O) groups is 2. The maximum Gasteiger partial charge on any atom is 0.324 e. The van der Waals surface area contributed by atoms with Gasteiger partial charge < -0.3 is 9.32 Å². The van der Waals surface area contributed by atoms with Gasteiger partial charge >= 0.3 is 6.03 Å². The molecule has 1 unspecified atom stereocenters. The van der Waals surface area contributed by atoms with Crippen LogP contribution < -0.4 is 5.32 Å². The minimum Gasteiger partial charge on any atom is -0.459 e. The molecule has 1 atom stereocenters. The second kappa shape index (κ2) is 5.13. The molecule has 0 spiro atoms. The SMILES string of the molecule is CC1c2ccsc2CCN1C(=O)NC(=O)c1ccco1. The van der Waals surface area contributed by atoms with Crippen LogP contribution in [0.15, 0.2) is 34.3 Å². The maximum atomic E-state index is 12.2. The van der Waals surface area contributed by atoms with Crippen molar-refractivity contribution in [2.45, 2.75) is 19.4 Å². The smallest absolute Gasteiger partial charge is 0.324 e. The molecule has 0 fully saturated rings. The van der Waals surface area contributed by atoms with Gasteiger partial charge in [0.05, 0.1) is 12.3 Å². The van der Waals surface area contributed by atoms with Crippen molar-refractivity contribution in [1.29, 1.82) is 0 Å². The Morgan fingerprint density at radius 1 is 1.45 bits per heavy atom. The fourth-order valence-electron chi connectivity index (χ4n) is 2.43. The Hall–Kier alpha value is -2.08. The van der Waals surface area contributed by atoms with Gasteiger partial charge in [-0.15, -0.1) is 11.3 Å². The standard InChI is InChI=1S/C14H14N2O3S/c1-9-10-5-8-20-12(10)4-6-16(9)14(18)15-13(17)11-3-2-7-19-11/h2-3,5,7-9H,4,6H2,1H3,(H,15,17,18). The largest absolute Gasteiger partial charge is 0.459 e. The van der Waals surface area contributed by atoms with Crippen LogP contribution in [-0.2, 0) is 6.42 Å². The number of carbonyl (C=O) groups excluding carboxylic acids is 2. The Balaban J connectivity index is 1.71. The number of hydrogen-bond donors (Lipinski definition) is 1. The molecular weight excluding hydrogens is 276 g/mol. The summed E-state index contributed by atoms with van der Waals surface area (Å²) < 4.78 is 4.97. The van der Waals surface area contributed by atoms with E-state index in [-0.39, 0.29) is 17.8 Å². The van der Waals surface area contributed by atoms with Crippen molar-refractivity contribution in [3.8, 4) is 0 Å². The van der Waals surface area contributed by atoms with Crippen molar-refractivity contribution >= 4 is 23.3 Å². The Morgan fingerprint density at radius 2 is 2.30 bits per heavy atom. The van der Waals surface area contributed by atoms with Crippen molar-refractivity contribution in [1.82, 2.24) is 10.2 Å². The molecule has 1 N–H and O–H groups in total. The highest BCUT2D eigenvalue weighted by Gasteiger charge is 2.29. The molecule has 0 aliphatic carbocycles. The zero-order chi connectivity index (χ0) is 14.1. The lowest BCUT2D eigenvalue weighted by Gasteiger charge is -2.33. The number of thiophene rings is 1. The maximum absolute atomic E-state index is 12.2. The lowest BCUT2D eigenvalue weighted by Crippen LogP contribution is -2.46. The van der Waals surface area contributed by atoms with Crippen molar-refractivity contribution in [2.75, 3.05) is 6.54 Å². The Bertz CT molecular complexity index is 633. The van der Waals surface area contributed by atoms with Gasteiger partial charge in [0.15, 0.2) is 5.76 Å². The van der Waals surface area contributed by atoms with Crippen LogP contribution in [0.4, 0.5) is 4.79 Å². The van der Waals surface area contributed by atoms with Crippen LogP contribution in [0.1, 0.15) is 34.0 Å². The van der Waals surface area contributed by atoms with E-state index in [9.17, 15) is 9.59 Å². The van der Waals surface area contributed by atoms with Crippen LogP contribution in [-0.4, -0.2) is 23.4 Å². The molecular formula is C14H14N2O3S. The van der Waals surface area contributed by atoms with Crippen molar-refractivity contribution in [2.24, 2.45) is 0 Å². The van der Waals surface area contributed by atoms with E-state index in [0.29, 0.717) is 6.54 Å². The Morgan fingerprint density at radius 3 is 3.05 bits per heavy atom. The molecule has 0 saturated heterocycles. The summed E-state index contributed by atoms with van der Waals surface area (Å²) in [6, 6.07) is 4.78. The third kappa shape index (κ3) is 2.22. The van der Waals surface area contributed by atoms with Crippen LogP contribution in [0.2, 0.25) is 0 Å². The molecule has 3 amide bonds. The number of imide groups is 1. The van der Waals surface area contributed by atoms with Crippen LogP contribution in [0.3, 0.4) is 0 Å². The first kappa shape index (κ1) is 12.9. The highest BCUT2D eigenvalue weighted by Crippen LogP contribution is 2.32. The molecule has 2 aromatic heterocycles. The second-order valence-corrected chi connectivity index (χ2v) is 5.66. The minimum absolute atomic E-state index is 0.0191. The van der Waals surface area contributed by atoms with E-state index in [1.54, 1.807) is 22.3 Å². The highest BCUT2D eigenvalue weighted by molar-refractivity contribution is 7.10. The fourth-order valence-corrected chi connectivity index (χ4v) is 3.39. The van der Waals surface area contributed by atoms with Gasteiger partial charge in [0.25, 0.3) is 5.91 Å². The van der Waals surface area contributed by atoms with Gasteiger partial charge in [-0.3, -0.25) is 10.1 Å². The van der Waals surface area contributed by atoms with E-state index < -0.39 is 5.91 Å². The molecule has 0 saturated carbocycles. The van der Waals surface area contributed by atoms with Crippen LogP contribution in [0.5, 0.6) is 0 Å². The second-order valence-electron chi connectivity index (χ2n) is 4.66. The van der Waals surface area contributed by atoms with E-state index in [2.05, 4.69) is 5.32 Å². The average molecular weight is 290 g/mol. The number of amides is 3. The number of rotatable bonds is 1. The summed E-state index contributed by atoms with van der Waals surface area (Å²) in [5.41, 5.74) is 1.17. The summed E-state index contributed by atoms with van der Waals surface area (Å²) in [4.78, 5) is 27.0. The number of hydrogen-bond acceptors (Lipinski definition) is 4. The molecule has 0 aromatic carbocycles. The minimum atomic E-state index is -0.511. The van der Waals surface area contributed by atoms with E-state index in [1.807, 2.05) is 18.4 Å². The predicted molar refractivity (Wildman–Crippen MR) is 74.7 cm³/mol. The molecule has 0 bridgehead atoms. The molecule has 1 aliphatic rings. The van der Waals surface area contributed by atoms with E-state index >= 15 is 0 Å². The molecule has 6 heteroatoms. The van der Waals surface area contributed by atoms with Crippen LogP contribution in [0, 0.1) is 0 Å². The van der Waals surface area contributed by atoms with Crippen molar-refractivity contribution < 1.29 is 14.0 Å². The van der Waals surface area contributed by atoms with Crippen molar-refractivity contribution in [3.63, 3.8) is 0 Å². The molecule has 2 aromatic rings. The Labute approximate surface area is 120 Å².